The van der Waals surface area contributed by atoms with E-state index >= 15 is 0 Å². The van der Waals surface area contributed by atoms with Gasteiger partial charge in [-0.1, -0.05) is 6.42 Å². The lowest BCUT2D eigenvalue weighted by molar-refractivity contribution is -0.135. The lowest BCUT2D eigenvalue weighted by atomic mass is 9.91. The molecule has 2 amide bonds. The standard InChI is InChI=1S/C25H40N6O2/c1-20(2)27-25(33)21-6-7-22(26-18-21)8-9-28-10-12-29(13-11-28)19-24(32)31-16-14-30(15-17-31)23-4-3-5-23/h6-7,18,20,23H,3-5,8-17,19H2,1-2H3,(H,27,33). The molecule has 1 saturated carbocycles. The number of hydrogen-bond acceptors (Lipinski definition) is 6. The van der Waals surface area contributed by atoms with Gasteiger partial charge >= 0.3 is 0 Å². The highest BCUT2D eigenvalue weighted by Gasteiger charge is 2.30. The summed E-state index contributed by atoms with van der Waals surface area (Å²) in [6, 6.07) is 4.71. The largest absolute Gasteiger partial charge is 0.350 e. The number of rotatable bonds is 8. The highest BCUT2D eigenvalue weighted by Crippen LogP contribution is 2.25. The van der Waals surface area contributed by atoms with Crippen molar-refractivity contribution in [2.45, 2.75) is 51.6 Å². The molecule has 0 radical (unpaired) electrons. The van der Waals surface area contributed by atoms with Crippen molar-refractivity contribution in [1.29, 1.82) is 0 Å². The van der Waals surface area contributed by atoms with E-state index in [1.54, 1.807) is 6.20 Å². The first-order chi connectivity index (χ1) is 16.0. The normalized spacial score (nSPS) is 21.2. The summed E-state index contributed by atoms with van der Waals surface area (Å²) in [5, 5.41) is 2.89. The van der Waals surface area contributed by atoms with Crippen molar-refractivity contribution in [3.8, 4) is 0 Å². The average Bonchev–Trinajstić information content (AvgIpc) is 2.78. The molecule has 33 heavy (non-hydrogen) atoms. The highest BCUT2D eigenvalue weighted by molar-refractivity contribution is 5.94. The van der Waals surface area contributed by atoms with Crippen LogP contribution in [0, 0.1) is 0 Å². The summed E-state index contributed by atoms with van der Waals surface area (Å²) >= 11 is 0. The van der Waals surface area contributed by atoms with E-state index in [9.17, 15) is 9.59 Å². The van der Waals surface area contributed by atoms with E-state index in [-0.39, 0.29) is 11.9 Å². The molecular formula is C25H40N6O2. The summed E-state index contributed by atoms with van der Waals surface area (Å²) in [4.78, 5) is 38.7. The Kier molecular flexibility index (Phi) is 8.33. The number of carbonyl (C=O) groups is 2. The van der Waals surface area contributed by atoms with E-state index in [1.165, 1.54) is 19.3 Å². The maximum atomic E-state index is 12.8. The maximum absolute atomic E-state index is 12.8. The minimum Gasteiger partial charge on any atom is -0.350 e. The molecule has 3 fully saturated rings. The summed E-state index contributed by atoms with van der Waals surface area (Å²) < 4.78 is 0. The molecule has 8 heteroatoms. The molecule has 0 unspecified atom stereocenters. The van der Waals surface area contributed by atoms with Crippen LogP contribution in [0.25, 0.3) is 0 Å². The SMILES string of the molecule is CC(C)NC(=O)c1ccc(CCN2CCN(CC(=O)N3CCN(C4CCC4)CC3)CC2)nc1. The second-order valence-electron chi connectivity index (χ2n) is 10.0. The Bertz CT molecular complexity index is 779. The van der Waals surface area contributed by atoms with Crippen LogP contribution in [-0.2, 0) is 11.2 Å². The third-order valence-corrected chi connectivity index (χ3v) is 7.27. The number of nitrogens with zero attached hydrogens (tertiary/aromatic N) is 5. The summed E-state index contributed by atoms with van der Waals surface area (Å²) in [5.74, 6) is 0.220. The molecule has 1 aromatic rings. The lowest BCUT2D eigenvalue weighted by Gasteiger charge is -2.43. The Morgan fingerprint density at radius 1 is 1.00 bits per heavy atom. The molecule has 3 aliphatic rings. The molecule has 2 saturated heterocycles. The molecule has 3 heterocycles. The van der Waals surface area contributed by atoms with Crippen molar-refractivity contribution < 1.29 is 9.59 Å². The first-order valence-electron chi connectivity index (χ1n) is 12.7. The van der Waals surface area contributed by atoms with Crippen molar-refractivity contribution >= 4 is 11.8 Å². The summed E-state index contributed by atoms with van der Waals surface area (Å²) in [7, 11) is 0. The van der Waals surface area contributed by atoms with Gasteiger partial charge in [0.25, 0.3) is 5.91 Å². The fraction of sp³-hybridized carbons (Fsp3) is 0.720. The molecule has 8 nitrogen and oxygen atoms in total. The van der Waals surface area contributed by atoms with Crippen molar-refractivity contribution in [1.82, 2.24) is 29.9 Å². The molecular weight excluding hydrogens is 416 g/mol. The van der Waals surface area contributed by atoms with Crippen LogP contribution >= 0.6 is 0 Å². The summed E-state index contributed by atoms with van der Waals surface area (Å²) in [6.45, 7) is 13.1. The number of amides is 2. The van der Waals surface area contributed by atoms with Gasteiger partial charge in [-0.05, 0) is 38.8 Å². The topological polar surface area (TPSA) is 72.0 Å². The third kappa shape index (κ3) is 6.74. The van der Waals surface area contributed by atoms with E-state index in [0.29, 0.717) is 18.0 Å². The number of aromatic nitrogens is 1. The molecule has 0 aromatic carbocycles. The van der Waals surface area contributed by atoms with E-state index in [1.807, 2.05) is 26.0 Å². The van der Waals surface area contributed by atoms with Crippen LogP contribution in [0.5, 0.6) is 0 Å². The van der Waals surface area contributed by atoms with Crippen LogP contribution in [0.2, 0.25) is 0 Å². The van der Waals surface area contributed by atoms with Gasteiger partial charge in [-0.15, -0.1) is 0 Å². The van der Waals surface area contributed by atoms with E-state index in [0.717, 1.165) is 77.1 Å². The van der Waals surface area contributed by atoms with Gasteiger partial charge in [0.1, 0.15) is 0 Å². The lowest BCUT2D eigenvalue weighted by Crippen LogP contribution is -2.56. The van der Waals surface area contributed by atoms with Crippen molar-refractivity contribution in [3.05, 3.63) is 29.6 Å². The molecule has 1 N–H and O–H groups in total. The highest BCUT2D eigenvalue weighted by atomic mass is 16.2. The monoisotopic (exact) mass is 456 g/mol. The zero-order valence-corrected chi connectivity index (χ0v) is 20.3. The van der Waals surface area contributed by atoms with Crippen molar-refractivity contribution in [2.75, 3.05) is 65.4 Å². The van der Waals surface area contributed by atoms with Gasteiger partial charge in [-0.2, -0.15) is 0 Å². The van der Waals surface area contributed by atoms with Crippen molar-refractivity contribution in [2.24, 2.45) is 0 Å². The van der Waals surface area contributed by atoms with Crippen LogP contribution in [0.1, 0.15) is 49.2 Å². The predicted molar refractivity (Wildman–Crippen MR) is 129 cm³/mol. The number of nitrogens with one attached hydrogen (secondary N) is 1. The fourth-order valence-electron chi connectivity index (χ4n) is 4.88. The Balaban J connectivity index is 1.12. The minimum atomic E-state index is -0.0741. The molecule has 1 aromatic heterocycles. The van der Waals surface area contributed by atoms with E-state index in [4.69, 9.17) is 0 Å². The van der Waals surface area contributed by atoms with Crippen LogP contribution in [-0.4, -0.2) is 114 Å². The molecule has 4 rings (SSSR count). The Morgan fingerprint density at radius 3 is 2.27 bits per heavy atom. The first kappa shape index (κ1) is 24.1. The van der Waals surface area contributed by atoms with Gasteiger partial charge < -0.3 is 15.1 Å². The van der Waals surface area contributed by atoms with Crippen LogP contribution in [0.3, 0.4) is 0 Å². The molecule has 0 atom stereocenters. The van der Waals surface area contributed by atoms with Gasteiger partial charge in [0.2, 0.25) is 5.91 Å². The minimum absolute atomic E-state index is 0.0741. The van der Waals surface area contributed by atoms with Crippen LogP contribution in [0.15, 0.2) is 18.3 Å². The Labute approximate surface area is 198 Å². The predicted octanol–water partition coefficient (Wildman–Crippen LogP) is 1.08. The van der Waals surface area contributed by atoms with Crippen LogP contribution in [0.4, 0.5) is 0 Å². The first-order valence-corrected chi connectivity index (χ1v) is 12.7. The Morgan fingerprint density at radius 2 is 1.70 bits per heavy atom. The number of piperazine rings is 2. The third-order valence-electron chi connectivity index (χ3n) is 7.27. The smallest absolute Gasteiger partial charge is 0.253 e. The average molecular weight is 457 g/mol. The van der Waals surface area contributed by atoms with Gasteiger partial charge in [0.15, 0.2) is 0 Å². The van der Waals surface area contributed by atoms with E-state index in [2.05, 4.69) is 29.9 Å². The van der Waals surface area contributed by atoms with Gasteiger partial charge in [0.05, 0.1) is 12.1 Å². The summed E-state index contributed by atoms with van der Waals surface area (Å²) in [5.41, 5.74) is 1.62. The number of pyridine rings is 1. The molecule has 2 aliphatic heterocycles. The van der Waals surface area contributed by atoms with Gasteiger partial charge in [-0.3, -0.25) is 24.4 Å². The van der Waals surface area contributed by atoms with Gasteiger partial charge in [-0.25, -0.2) is 0 Å². The quantitative estimate of drug-likeness (QED) is 0.631. The second kappa shape index (κ2) is 11.4. The van der Waals surface area contributed by atoms with Gasteiger partial charge in [0, 0.05) is 89.3 Å². The van der Waals surface area contributed by atoms with Crippen molar-refractivity contribution in [3.63, 3.8) is 0 Å². The number of carbonyl (C=O) groups excluding carboxylic acids is 2. The summed E-state index contributed by atoms with van der Waals surface area (Å²) in [6.07, 6.45) is 6.60. The molecule has 0 spiro atoms. The zero-order chi connectivity index (χ0) is 23.2. The zero-order valence-electron chi connectivity index (χ0n) is 20.3. The maximum Gasteiger partial charge on any atom is 0.253 e. The fourth-order valence-corrected chi connectivity index (χ4v) is 4.88. The van der Waals surface area contributed by atoms with E-state index < -0.39 is 0 Å². The Hall–Kier alpha value is -2.03. The second-order valence-corrected chi connectivity index (χ2v) is 10.0. The molecule has 0 bridgehead atoms. The molecule has 1 aliphatic carbocycles. The van der Waals surface area contributed by atoms with Crippen LogP contribution < -0.4 is 5.32 Å². The number of hydrogen-bond donors (Lipinski definition) is 1. The molecule has 182 valence electrons.